The maximum atomic E-state index is 14.0. The highest BCUT2D eigenvalue weighted by atomic mass is 19.1. The third-order valence-electron chi connectivity index (χ3n) is 5.93. The molecule has 1 unspecified atom stereocenters. The molecule has 1 saturated heterocycles. The van der Waals surface area contributed by atoms with Gasteiger partial charge in [-0.3, -0.25) is 4.99 Å². The highest BCUT2D eigenvalue weighted by Crippen LogP contribution is 2.20. The largest absolute Gasteiger partial charge is 0.357 e. The number of rotatable bonds is 7. The number of hydrogen-bond donors (Lipinski definition) is 2. The Morgan fingerprint density at radius 3 is 3.06 bits per heavy atom. The van der Waals surface area contributed by atoms with Crippen molar-refractivity contribution in [3.8, 4) is 0 Å². The van der Waals surface area contributed by atoms with E-state index in [4.69, 9.17) is 4.99 Å². The number of aliphatic imine (C=N–C) groups is 1. The van der Waals surface area contributed by atoms with Gasteiger partial charge in [-0.2, -0.15) is 0 Å². The molecule has 168 valence electrons. The van der Waals surface area contributed by atoms with Crippen molar-refractivity contribution in [2.75, 3.05) is 31.1 Å². The molecule has 31 heavy (non-hydrogen) atoms. The van der Waals surface area contributed by atoms with E-state index in [9.17, 15) is 4.39 Å². The van der Waals surface area contributed by atoms with E-state index in [1.54, 1.807) is 12.3 Å². The predicted octanol–water partition coefficient (Wildman–Crippen LogP) is 2.31. The van der Waals surface area contributed by atoms with Gasteiger partial charge < -0.3 is 20.1 Å². The molecule has 8 nitrogen and oxygen atoms in total. The Balaban J connectivity index is 1.28. The summed E-state index contributed by atoms with van der Waals surface area (Å²) < 4.78 is 16.3. The average molecular weight is 429 g/mol. The van der Waals surface area contributed by atoms with Crippen molar-refractivity contribution < 1.29 is 4.39 Å². The summed E-state index contributed by atoms with van der Waals surface area (Å²) in [5.41, 5.74) is 0. The summed E-state index contributed by atoms with van der Waals surface area (Å²) in [5, 5.41) is 15.6. The zero-order valence-electron chi connectivity index (χ0n) is 18.4. The predicted molar refractivity (Wildman–Crippen MR) is 120 cm³/mol. The van der Waals surface area contributed by atoms with Crippen LogP contribution in [-0.2, 0) is 19.4 Å². The van der Waals surface area contributed by atoms with Gasteiger partial charge in [0.25, 0.3) is 0 Å². The zero-order chi connectivity index (χ0) is 21.5. The molecule has 0 spiro atoms. The van der Waals surface area contributed by atoms with Crippen LogP contribution in [0.4, 0.5) is 10.2 Å². The van der Waals surface area contributed by atoms with Gasteiger partial charge in [0.15, 0.2) is 17.6 Å². The van der Waals surface area contributed by atoms with E-state index in [-0.39, 0.29) is 11.9 Å². The summed E-state index contributed by atoms with van der Waals surface area (Å²) in [6.45, 7) is 6.12. The van der Waals surface area contributed by atoms with E-state index in [2.05, 4.69) is 37.3 Å². The van der Waals surface area contributed by atoms with Crippen molar-refractivity contribution in [2.45, 2.75) is 64.5 Å². The summed E-state index contributed by atoms with van der Waals surface area (Å²) in [7, 11) is 0. The quantitative estimate of drug-likeness (QED) is 0.400. The average Bonchev–Trinajstić information content (AvgIpc) is 3.31. The lowest BCUT2D eigenvalue weighted by atomic mass is 10.2. The van der Waals surface area contributed by atoms with Crippen LogP contribution in [-0.4, -0.2) is 57.9 Å². The number of guanidine groups is 1. The highest BCUT2D eigenvalue weighted by Gasteiger charge is 2.26. The third-order valence-corrected chi connectivity index (χ3v) is 5.93. The molecule has 2 aliphatic heterocycles. The van der Waals surface area contributed by atoms with Gasteiger partial charge in [-0.15, -0.1) is 10.2 Å². The Morgan fingerprint density at radius 2 is 2.19 bits per heavy atom. The molecule has 0 aromatic carbocycles. The summed E-state index contributed by atoms with van der Waals surface area (Å²) in [6, 6.07) is 3.30. The molecule has 2 aromatic rings. The van der Waals surface area contributed by atoms with Crippen LogP contribution in [0.5, 0.6) is 0 Å². The maximum Gasteiger partial charge on any atom is 0.191 e. The first kappa shape index (κ1) is 21.5. The number of aromatic nitrogens is 4. The number of halogens is 1. The first-order valence-electron chi connectivity index (χ1n) is 11.6. The standard InChI is InChI=1S/C22H33FN8/c1-2-24-22(27-17-11-15-30(16-17)21-18(23)8-6-12-25-21)26-13-7-10-20-29-28-19-9-4-3-5-14-31(19)20/h6,8,12,17H,2-5,7,9-11,13-16H2,1H3,(H2,24,26,27). The summed E-state index contributed by atoms with van der Waals surface area (Å²) >= 11 is 0. The minimum absolute atomic E-state index is 0.214. The fourth-order valence-electron chi connectivity index (χ4n) is 4.35. The Morgan fingerprint density at radius 1 is 1.26 bits per heavy atom. The number of aryl methyl sites for hydroxylation is 2. The normalized spacial score (nSPS) is 19.2. The molecule has 1 fully saturated rings. The lowest BCUT2D eigenvalue weighted by Gasteiger charge is -2.20. The second-order valence-electron chi connectivity index (χ2n) is 8.24. The molecule has 0 radical (unpaired) electrons. The van der Waals surface area contributed by atoms with Crippen molar-refractivity contribution >= 4 is 11.8 Å². The van der Waals surface area contributed by atoms with E-state index >= 15 is 0 Å². The molecular weight excluding hydrogens is 395 g/mol. The monoisotopic (exact) mass is 428 g/mol. The van der Waals surface area contributed by atoms with Crippen LogP contribution in [0.2, 0.25) is 0 Å². The first-order valence-corrected chi connectivity index (χ1v) is 11.6. The van der Waals surface area contributed by atoms with E-state index in [0.29, 0.717) is 12.4 Å². The Kier molecular flexibility index (Phi) is 7.32. The fourth-order valence-corrected chi connectivity index (χ4v) is 4.35. The van der Waals surface area contributed by atoms with Crippen molar-refractivity contribution in [1.29, 1.82) is 0 Å². The molecule has 4 heterocycles. The van der Waals surface area contributed by atoms with Crippen molar-refractivity contribution in [2.24, 2.45) is 4.99 Å². The Labute approximate surface area is 183 Å². The second-order valence-corrected chi connectivity index (χ2v) is 8.24. The van der Waals surface area contributed by atoms with Gasteiger partial charge in [0.05, 0.1) is 0 Å². The molecule has 0 saturated carbocycles. The van der Waals surface area contributed by atoms with Crippen LogP contribution in [0.3, 0.4) is 0 Å². The lowest BCUT2D eigenvalue weighted by Crippen LogP contribution is -2.44. The van der Waals surface area contributed by atoms with Crippen LogP contribution in [0.15, 0.2) is 23.3 Å². The molecule has 2 aromatic heterocycles. The SMILES string of the molecule is CCNC(=NCCCc1nnc2n1CCCCC2)NC1CCN(c2ncccc2F)C1. The van der Waals surface area contributed by atoms with Crippen LogP contribution < -0.4 is 15.5 Å². The van der Waals surface area contributed by atoms with Crippen LogP contribution in [0.25, 0.3) is 0 Å². The number of hydrogen-bond acceptors (Lipinski definition) is 5. The topological polar surface area (TPSA) is 83.3 Å². The van der Waals surface area contributed by atoms with E-state index in [0.717, 1.165) is 69.5 Å². The van der Waals surface area contributed by atoms with Crippen molar-refractivity contribution in [3.63, 3.8) is 0 Å². The molecule has 1 atom stereocenters. The second kappa shape index (κ2) is 10.5. The lowest BCUT2D eigenvalue weighted by molar-refractivity contribution is 0.596. The maximum absolute atomic E-state index is 14.0. The molecule has 9 heteroatoms. The van der Waals surface area contributed by atoms with E-state index < -0.39 is 0 Å². The van der Waals surface area contributed by atoms with Crippen molar-refractivity contribution in [3.05, 3.63) is 35.8 Å². The van der Waals surface area contributed by atoms with E-state index in [1.807, 2.05) is 4.90 Å². The number of nitrogens with zero attached hydrogens (tertiary/aromatic N) is 6. The van der Waals surface area contributed by atoms with Gasteiger partial charge in [-0.05, 0) is 44.7 Å². The summed E-state index contributed by atoms with van der Waals surface area (Å²) in [5.74, 6) is 3.21. The van der Waals surface area contributed by atoms with Gasteiger partial charge >= 0.3 is 0 Å². The molecule has 0 aliphatic carbocycles. The highest BCUT2D eigenvalue weighted by molar-refractivity contribution is 5.80. The molecule has 2 N–H and O–H groups in total. The van der Waals surface area contributed by atoms with Gasteiger partial charge in [-0.25, -0.2) is 9.37 Å². The number of fused-ring (bicyclic) bond motifs is 1. The Bertz CT molecular complexity index is 880. The van der Waals surface area contributed by atoms with Crippen molar-refractivity contribution in [1.82, 2.24) is 30.4 Å². The first-order chi connectivity index (χ1) is 15.2. The van der Waals surface area contributed by atoms with Gasteiger partial charge in [-0.1, -0.05) is 6.42 Å². The number of pyridine rings is 1. The molecule has 2 aliphatic rings. The zero-order valence-corrected chi connectivity index (χ0v) is 18.4. The van der Waals surface area contributed by atoms with Gasteiger partial charge in [0.2, 0.25) is 0 Å². The van der Waals surface area contributed by atoms with Gasteiger partial charge in [0.1, 0.15) is 11.6 Å². The molecule has 4 rings (SSSR count). The minimum Gasteiger partial charge on any atom is -0.357 e. The smallest absolute Gasteiger partial charge is 0.191 e. The summed E-state index contributed by atoms with van der Waals surface area (Å²) in [6.07, 6.45) is 9.13. The van der Waals surface area contributed by atoms with Crippen LogP contribution in [0.1, 0.15) is 50.7 Å². The molecular formula is C22H33FN8. The number of anilines is 1. The van der Waals surface area contributed by atoms with Gasteiger partial charge in [0, 0.05) is 57.8 Å². The minimum atomic E-state index is -0.268. The van der Waals surface area contributed by atoms with Crippen LogP contribution in [0, 0.1) is 5.82 Å². The number of nitrogens with one attached hydrogen (secondary N) is 2. The third kappa shape index (κ3) is 5.51. The fraction of sp³-hybridized carbons (Fsp3) is 0.636. The van der Waals surface area contributed by atoms with E-state index in [1.165, 1.54) is 25.3 Å². The molecule has 0 bridgehead atoms. The summed E-state index contributed by atoms with van der Waals surface area (Å²) in [4.78, 5) is 10.9. The Hall–Kier alpha value is -2.71. The van der Waals surface area contributed by atoms with Crippen LogP contribution >= 0.6 is 0 Å². The molecule has 0 amide bonds.